The lowest BCUT2D eigenvalue weighted by Crippen LogP contribution is -2.16. The second-order valence-electron chi connectivity index (χ2n) is 5.86. The molecule has 3 rings (SSSR count). The average Bonchev–Trinajstić information content (AvgIpc) is 2.97. The zero-order valence-electron chi connectivity index (χ0n) is 14.3. The number of para-hydroxylation sites is 2. The molecule has 3 N–H and O–H groups in total. The first kappa shape index (κ1) is 17.5. The summed E-state index contributed by atoms with van der Waals surface area (Å²) in [6.45, 7) is 3.57. The summed E-state index contributed by atoms with van der Waals surface area (Å²) in [6, 6.07) is 13.9. The standard InChI is InChI=1S/C18H17N5O2S/c1-12-7-8-13(2)17(9-12)26(24,25)22-15-5-3-4-6-16(15)23-18(20)14(10-19)11-21-23/h3-9,11,22H,20H2,1-2H3. The van der Waals surface area contributed by atoms with Crippen molar-refractivity contribution in [1.29, 1.82) is 5.26 Å². The fraction of sp³-hybridized carbons (Fsp3) is 0.111. The molecule has 0 saturated carbocycles. The van der Waals surface area contributed by atoms with Gasteiger partial charge in [-0.3, -0.25) is 4.72 Å². The van der Waals surface area contributed by atoms with E-state index in [0.29, 0.717) is 16.9 Å². The maximum absolute atomic E-state index is 12.9. The fourth-order valence-electron chi connectivity index (χ4n) is 2.58. The lowest BCUT2D eigenvalue weighted by molar-refractivity contribution is 0.600. The van der Waals surface area contributed by atoms with Crippen LogP contribution in [0.4, 0.5) is 11.5 Å². The Hall–Kier alpha value is -3.31. The number of aryl methyl sites for hydroxylation is 2. The number of nitrogens with one attached hydrogen (secondary N) is 1. The Morgan fingerprint density at radius 2 is 1.92 bits per heavy atom. The zero-order valence-corrected chi connectivity index (χ0v) is 15.1. The highest BCUT2D eigenvalue weighted by Crippen LogP contribution is 2.27. The second-order valence-corrected chi connectivity index (χ2v) is 7.51. The summed E-state index contributed by atoms with van der Waals surface area (Å²) in [5, 5.41) is 13.1. The van der Waals surface area contributed by atoms with E-state index in [2.05, 4.69) is 9.82 Å². The minimum Gasteiger partial charge on any atom is -0.382 e. The molecule has 0 atom stereocenters. The molecule has 3 aromatic rings. The summed E-state index contributed by atoms with van der Waals surface area (Å²) < 4.78 is 29.7. The van der Waals surface area contributed by atoms with Crippen LogP contribution in [0.1, 0.15) is 16.7 Å². The van der Waals surface area contributed by atoms with Crippen LogP contribution >= 0.6 is 0 Å². The Labute approximate surface area is 151 Å². The number of anilines is 2. The topological polar surface area (TPSA) is 114 Å². The van der Waals surface area contributed by atoms with Crippen molar-refractivity contribution >= 4 is 21.5 Å². The molecule has 0 aliphatic heterocycles. The lowest BCUT2D eigenvalue weighted by atomic mass is 10.2. The number of nitrogens with zero attached hydrogens (tertiary/aromatic N) is 3. The van der Waals surface area contributed by atoms with E-state index in [1.165, 1.54) is 10.9 Å². The van der Waals surface area contributed by atoms with E-state index in [1.54, 1.807) is 43.3 Å². The van der Waals surface area contributed by atoms with Gasteiger partial charge >= 0.3 is 0 Å². The van der Waals surface area contributed by atoms with Gasteiger partial charge in [0.15, 0.2) is 0 Å². The third kappa shape index (κ3) is 3.12. The number of rotatable bonds is 4. The Bertz CT molecular complexity index is 1130. The first-order chi connectivity index (χ1) is 12.3. The van der Waals surface area contributed by atoms with E-state index in [1.807, 2.05) is 19.1 Å². The quantitative estimate of drug-likeness (QED) is 0.736. The Morgan fingerprint density at radius 3 is 2.62 bits per heavy atom. The molecule has 2 aromatic carbocycles. The summed E-state index contributed by atoms with van der Waals surface area (Å²) >= 11 is 0. The zero-order chi connectivity index (χ0) is 18.9. The third-order valence-corrected chi connectivity index (χ3v) is 5.44. The molecular formula is C18H17N5O2S. The van der Waals surface area contributed by atoms with Crippen molar-refractivity contribution < 1.29 is 8.42 Å². The van der Waals surface area contributed by atoms with Gasteiger partial charge in [-0.05, 0) is 43.2 Å². The van der Waals surface area contributed by atoms with Gasteiger partial charge < -0.3 is 5.73 Å². The van der Waals surface area contributed by atoms with Crippen LogP contribution in [-0.2, 0) is 10.0 Å². The number of nitrogen functional groups attached to an aromatic ring is 1. The lowest BCUT2D eigenvalue weighted by Gasteiger charge is -2.15. The van der Waals surface area contributed by atoms with Gasteiger partial charge in [-0.25, -0.2) is 13.1 Å². The fourth-order valence-corrected chi connectivity index (χ4v) is 3.98. The van der Waals surface area contributed by atoms with Crippen molar-refractivity contribution in [3.63, 3.8) is 0 Å². The molecule has 0 spiro atoms. The van der Waals surface area contributed by atoms with Crippen LogP contribution < -0.4 is 10.5 Å². The molecule has 1 heterocycles. The molecule has 0 fully saturated rings. The van der Waals surface area contributed by atoms with Crippen LogP contribution in [0.5, 0.6) is 0 Å². The molecule has 0 amide bonds. The van der Waals surface area contributed by atoms with Crippen LogP contribution in [-0.4, -0.2) is 18.2 Å². The van der Waals surface area contributed by atoms with Gasteiger partial charge in [-0.15, -0.1) is 0 Å². The monoisotopic (exact) mass is 367 g/mol. The Balaban J connectivity index is 2.08. The molecular weight excluding hydrogens is 350 g/mol. The van der Waals surface area contributed by atoms with Crippen LogP contribution in [0.2, 0.25) is 0 Å². The number of aromatic nitrogens is 2. The van der Waals surface area contributed by atoms with Gasteiger partial charge in [0.2, 0.25) is 0 Å². The van der Waals surface area contributed by atoms with E-state index in [9.17, 15) is 8.42 Å². The van der Waals surface area contributed by atoms with Gasteiger partial charge in [0.1, 0.15) is 17.5 Å². The minimum absolute atomic E-state index is 0.144. The van der Waals surface area contributed by atoms with Crippen molar-refractivity contribution in [3.8, 4) is 11.8 Å². The molecule has 0 unspecified atom stereocenters. The van der Waals surface area contributed by atoms with Crippen LogP contribution in [0.3, 0.4) is 0 Å². The first-order valence-corrected chi connectivity index (χ1v) is 9.25. The van der Waals surface area contributed by atoms with E-state index in [-0.39, 0.29) is 16.3 Å². The Morgan fingerprint density at radius 1 is 1.19 bits per heavy atom. The van der Waals surface area contributed by atoms with E-state index in [4.69, 9.17) is 11.0 Å². The highest BCUT2D eigenvalue weighted by Gasteiger charge is 2.20. The highest BCUT2D eigenvalue weighted by atomic mass is 32.2. The molecule has 0 radical (unpaired) electrons. The van der Waals surface area contributed by atoms with E-state index in [0.717, 1.165) is 5.56 Å². The summed E-state index contributed by atoms with van der Waals surface area (Å²) in [5.74, 6) is 0.144. The number of hydrogen-bond donors (Lipinski definition) is 2. The van der Waals surface area contributed by atoms with Crippen molar-refractivity contribution in [2.75, 3.05) is 10.5 Å². The summed E-state index contributed by atoms with van der Waals surface area (Å²) in [5.41, 5.74) is 8.39. The molecule has 0 aliphatic carbocycles. The molecule has 0 saturated heterocycles. The minimum atomic E-state index is -3.81. The number of hydrogen-bond acceptors (Lipinski definition) is 5. The van der Waals surface area contributed by atoms with Crippen molar-refractivity contribution in [2.24, 2.45) is 0 Å². The molecule has 0 bridgehead atoms. The number of sulfonamides is 1. The largest absolute Gasteiger partial charge is 0.382 e. The second kappa shape index (κ2) is 6.54. The number of benzene rings is 2. The van der Waals surface area contributed by atoms with Gasteiger partial charge in [0, 0.05) is 0 Å². The smallest absolute Gasteiger partial charge is 0.262 e. The SMILES string of the molecule is Cc1ccc(C)c(S(=O)(=O)Nc2ccccc2-n2ncc(C#N)c2N)c1. The molecule has 8 heteroatoms. The van der Waals surface area contributed by atoms with Crippen molar-refractivity contribution in [3.05, 3.63) is 65.4 Å². The van der Waals surface area contributed by atoms with E-state index < -0.39 is 10.0 Å². The summed E-state index contributed by atoms with van der Waals surface area (Å²) in [7, 11) is -3.81. The first-order valence-electron chi connectivity index (χ1n) is 7.76. The molecule has 7 nitrogen and oxygen atoms in total. The molecule has 132 valence electrons. The normalized spacial score (nSPS) is 11.1. The van der Waals surface area contributed by atoms with Crippen LogP contribution in [0.15, 0.2) is 53.6 Å². The summed E-state index contributed by atoms with van der Waals surface area (Å²) in [4.78, 5) is 0.207. The van der Waals surface area contributed by atoms with Gasteiger partial charge in [0.25, 0.3) is 10.0 Å². The van der Waals surface area contributed by atoms with Crippen LogP contribution in [0, 0.1) is 25.2 Å². The Kier molecular flexibility index (Phi) is 4.40. The number of nitriles is 1. The van der Waals surface area contributed by atoms with Crippen LogP contribution in [0.25, 0.3) is 5.69 Å². The summed E-state index contributed by atoms with van der Waals surface area (Å²) in [6.07, 6.45) is 1.34. The molecule has 26 heavy (non-hydrogen) atoms. The maximum Gasteiger partial charge on any atom is 0.262 e. The average molecular weight is 367 g/mol. The highest BCUT2D eigenvalue weighted by molar-refractivity contribution is 7.92. The number of nitrogens with two attached hydrogens (primary N) is 1. The van der Waals surface area contributed by atoms with Gasteiger partial charge in [0.05, 0.1) is 22.5 Å². The molecule has 1 aromatic heterocycles. The van der Waals surface area contributed by atoms with E-state index >= 15 is 0 Å². The third-order valence-electron chi connectivity index (χ3n) is 3.94. The molecule has 0 aliphatic rings. The van der Waals surface area contributed by atoms with Crippen molar-refractivity contribution in [2.45, 2.75) is 18.7 Å². The predicted molar refractivity (Wildman–Crippen MR) is 99.4 cm³/mol. The maximum atomic E-state index is 12.9. The predicted octanol–water partition coefficient (Wildman–Crippen LogP) is 2.74. The van der Waals surface area contributed by atoms with Gasteiger partial charge in [-0.1, -0.05) is 24.3 Å². The van der Waals surface area contributed by atoms with Gasteiger partial charge in [-0.2, -0.15) is 10.4 Å². The van der Waals surface area contributed by atoms with Crippen molar-refractivity contribution in [1.82, 2.24) is 9.78 Å².